The maximum absolute atomic E-state index is 14.1. The van der Waals surface area contributed by atoms with Crippen LogP contribution in [0.4, 0.5) is 39.5 Å². The summed E-state index contributed by atoms with van der Waals surface area (Å²) in [5.74, 6) is -8.28. The third-order valence-electron chi connectivity index (χ3n) is 4.87. The molecule has 0 radical (unpaired) electrons. The van der Waals surface area contributed by atoms with Crippen LogP contribution in [0.3, 0.4) is 0 Å². The molecule has 4 rings (SSSR count). The molecule has 4 N–H and O–H groups in total. The van der Waals surface area contributed by atoms with Gasteiger partial charge in [0.15, 0.2) is 11.6 Å². The van der Waals surface area contributed by atoms with Crippen molar-refractivity contribution in [2.75, 3.05) is 0 Å². The van der Waals surface area contributed by atoms with E-state index in [9.17, 15) is 39.5 Å². The summed E-state index contributed by atoms with van der Waals surface area (Å²) in [6, 6.07) is 2.83. The van der Waals surface area contributed by atoms with E-state index in [0.29, 0.717) is 19.0 Å². The highest BCUT2D eigenvalue weighted by atomic mass is 19.4. The Morgan fingerprint density at radius 3 is 1.97 bits per heavy atom. The van der Waals surface area contributed by atoms with E-state index in [-0.39, 0.29) is 5.56 Å². The van der Waals surface area contributed by atoms with Crippen molar-refractivity contribution in [1.29, 1.82) is 0 Å². The van der Waals surface area contributed by atoms with Crippen molar-refractivity contribution >= 4 is 23.0 Å². The number of aromatic nitrogens is 3. The van der Waals surface area contributed by atoms with Gasteiger partial charge in [0.05, 0.1) is 17.2 Å². The smallest absolute Gasteiger partial charge is 0.475 e. The fourth-order valence-electron chi connectivity index (χ4n) is 3.23. The van der Waals surface area contributed by atoms with Crippen LogP contribution in [-0.4, -0.2) is 55.1 Å². The van der Waals surface area contributed by atoms with Gasteiger partial charge in [-0.15, -0.1) is 0 Å². The van der Waals surface area contributed by atoms with Crippen molar-refractivity contribution < 1.29 is 59.3 Å². The summed E-state index contributed by atoms with van der Waals surface area (Å²) < 4.78 is 106. The lowest BCUT2D eigenvalue weighted by Gasteiger charge is -2.30. The van der Waals surface area contributed by atoms with Crippen LogP contribution < -0.4 is 5.73 Å². The number of hydrogen-bond donors (Lipinski definition) is 3. The third-order valence-corrected chi connectivity index (χ3v) is 4.87. The van der Waals surface area contributed by atoms with Gasteiger partial charge in [-0.1, -0.05) is 0 Å². The Morgan fingerprint density at radius 2 is 1.46 bits per heavy atom. The van der Waals surface area contributed by atoms with Crippen LogP contribution in [0, 0.1) is 17.5 Å². The molecule has 37 heavy (non-hydrogen) atoms. The second kappa shape index (κ2) is 11.0. The van der Waals surface area contributed by atoms with Crippen LogP contribution in [0.2, 0.25) is 0 Å². The van der Waals surface area contributed by atoms with Crippen LogP contribution in [0.15, 0.2) is 30.6 Å². The first kappa shape index (κ1) is 29.3. The molecule has 3 aromatic rings. The Morgan fingerprint density at radius 1 is 0.946 bits per heavy atom. The van der Waals surface area contributed by atoms with Gasteiger partial charge in [0.1, 0.15) is 11.6 Å². The van der Waals surface area contributed by atoms with Gasteiger partial charge >= 0.3 is 24.3 Å². The third kappa shape index (κ3) is 7.31. The second-order valence-corrected chi connectivity index (χ2v) is 7.37. The minimum absolute atomic E-state index is 0.0906. The summed E-state index contributed by atoms with van der Waals surface area (Å²) >= 11 is 0. The lowest BCUT2D eigenvalue weighted by Crippen LogP contribution is -2.39. The number of aliphatic carboxylic acids is 2. The van der Waals surface area contributed by atoms with E-state index in [1.165, 1.54) is 0 Å². The number of rotatable bonds is 1. The molecular formula is C20H15F9N4O4. The average molecular weight is 546 g/mol. The SMILES string of the molecule is N[C@H]1Cn2c(nc3ccncc32)C[C@@H]1c1cc(F)c(F)cc1F.O=C(O)C(F)(F)F.O=C(O)C(F)(F)F. The molecule has 1 aliphatic heterocycles. The van der Waals surface area contributed by atoms with E-state index in [4.69, 9.17) is 25.5 Å². The van der Waals surface area contributed by atoms with Gasteiger partial charge in [0, 0.05) is 37.2 Å². The largest absolute Gasteiger partial charge is 0.490 e. The van der Waals surface area contributed by atoms with Crippen molar-refractivity contribution in [1.82, 2.24) is 14.5 Å². The maximum atomic E-state index is 14.1. The molecule has 3 heterocycles. The normalized spacial score (nSPS) is 17.1. The molecular weight excluding hydrogens is 531 g/mol. The van der Waals surface area contributed by atoms with Crippen LogP contribution in [0.5, 0.6) is 0 Å². The molecule has 0 aliphatic carbocycles. The van der Waals surface area contributed by atoms with E-state index in [2.05, 4.69) is 9.97 Å². The van der Waals surface area contributed by atoms with Crippen molar-refractivity contribution in [3.63, 3.8) is 0 Å². The Labute approximate surface area is 200 Å². The molecule has 0 spiro atoms. The molecule has 0 bridgehead atoms. The number of halogens is 9. The van der Waals surface area contributed by atoms with Gasteiger partial charge < -0.3 is 20.5 Å². The molecule has 17 heteroatoms. The fraction of sp³-hybridized carbons (Fsp3) is 0.300. The number of alkyl halides is 6. The number of imidazole rings is 1. The first-order valence-electron chi connectivity index (χ1n) is 9.72. The fourth-order valence-corrected chi connectivity index (χ4v) is 3.23. The minimum Gasteiger partial charge on any atom is -0.475 e. The van der Waals surface area contributed by atoms with Gasteiger partial charge in [-0.25, -0.2) is 27.7 Å². The van der Waals surface area contributed by atoms with Gasteiger partial charge in [-0.3, -0.25) is 4.98 Å². The Bertz CT molecular complexity index is 1270. The zero-order chi connectivity index (χ0) is 28.3. The summed E-state index contributed by atoms with van der Waals surface area (Å²) in [6.45, 7) is 0.417. The monoisotopic (exact) mass is 546 g/mol. The highest BCUT2D eigenvalue weighted by Crippen LogP contribution is 2.33. The average Bonchev–Trinajstić information content (AvgIpc) is 3.13. The minimum atomic E-state index is -5.08. The number of nitrogens with zero attached hydrogens (tertiary/aromatic N) is 3. The molecule has 202 valence electrons. The molecule has 0 saturated carbocycles. The van der Waals surface area contributed by atoms with Crippen LogP contribution >= 0.6 is 0 Å². The second-order valence-electron chi connectivity index (χ2n) is 7.37. The van der Waals surface area contributed by atoms with Crippen LogP contribution in [-0.2, 0) is 22.6 Å². The van der Waals surface area contributed by atoms with Crippen molar-refractivity contribution in [3.8, 4) is 0 Å². The molecule has 2 atom stereocenters. The molecule has 8 nitrogen and oxygen atoms in total. The topological polar surface area (TPSA) is 131 Å². The molecule has 0 fully saturated rings. The molecule has 0 unspecified atom stereocenters. The zero-order valence-electron chi connectivity index (χ0n) is 18.0. The summed E-state index contributed by atoms with van der Waals surface area (Å²) in [4.78, 5) is 26.4. The number of carbonyl (C=O) groups is 2. The Kier molecular flexibility index (Phi) is 8.74. The lowest BCUT2D eigenvalue weighted by molar-refractivity contribution is -0.193. The highest BCUT2D eigenvalue weighted by Gasteiger charge is 2.39. The van der Waals surface area contributed by atoms with E-state index < -0.39 is 53.7 Å². The molecule has 0 amide bonds. The predicted octanol–water partition coefficient (Wildman–Crippen LogP) is 3.78. The molecule has 0 saturated heterocycles. The number of carboxylic acid groups (broad SMARTS) is 2. The lowest BCUT2D eigenvalue weighted by atomic mass is 9.86. The maximum Gasteiger partial charge on any atom is 0.490 e. The van der Waals surface area contributed by atoms with Crippen LogP contribution in [0.1, 0.15) is 17.3 Å². The number of pyridine rings is 1. The standard InChI is InChI=1S/C16H13F3N4.2C2HF3O2/c17-10-5-12(19)11(18)3-8(10)9-4-16-22-14-1-2-21-6-15(14)23(16)7-13(9)20;2*3-2(4,5)1(6)7/h1-3,5-6,9,13H,4,7,20H2;2*(H,6,7)/t9-,13+;;/m1../s1. The van der Waals surface area contributed by atoms with E-state index in [1.54, 1.807) is 18.5 Å². The van der Waals surface area contributed by atoms with Crippen molar-refractivity contribution in [2.45, 2.75) is 37.3 Å². The van der Waals surface area contributed by atoms with Gasteiger partial charge in [-0.2, -0.15) is 26.3 Å². The number of benzene rings is 1. The quantitative estimate of drug-likeness (QED) is 0.313. The number of carboxylic acids is 2. The van der Waals surface area contributed by atoms with E-state index in [0.717, 1.165) is 22.9 Å². The first-order chi connectivity index (χ1) is 16.9. The number of nitrogens with two attached hydrogens (primary N) is 1. The summed E-state index contributed by atoms with van der Waals surface area (Å²) in [6.07, 6.45) is -6.46. The number of hydrogen-bond acceptors (Lipinski definition) is 5. The Balaban J connectivity index is 0.000000286. The molecule has 2 aromatic heterocycles. The number of fused-ring (bicyclic) bond motifs is 3. The summed E-state index contributed by atoms with van der Waals surface area (Å²) in [7, 11) is 0. The van der Waals surface area contributed by atoms with Gasteiger partial charge in [0.25, 0.3) is 0 Å². The first-order valence-corrected chi connectivity index (χ1v) is 9.72. The molecule has 1 aromatic carbocycles. The highest BCUT2D eigenvalue weighted by molar-refractivity contribution is 5.75. The van der Waals surface area contributed by atoms with E-state index >= 15 is 0 Å². The summed E-state index contributed by atoms with van der Waals surface area (Å²) in [5, 5.41) is 14.2. The summed E-state index contributed by atoms with van der Waals surface area (Å²) in [5.41, 5.74) is 7.92. The molecule has 1 aliphatic rings. The van der Waals surface area contributed by atoms with E-state index in [1.807, 2.05) is 4.57 Å². The predicted molar refractivity (Wildman–Crippen MR) is 106 cm³/mol. The van der Waals surface area contributed by atoms with Crippen LogP contribution in [0.25, 0.3) is 11.0 Å². The van der Waals surface area contributed by atoms with Crippen molar-refractivity contribution in [3.05, 3.63) is 59.4 Å². The Hall–Kier alpha value is -3.89. The van der Waals surface area contributed by atoms with Crippen molar-refractivity contribution in [2.24, 2.45) is 5.73 Å². The zero-order valence-corrected chi connectivity index (χ0v) is 18.0. The van der Waals surface area contributed by atoms with Gasteiger partial charge in [-0.05, 0) is 17.7 Å². The van der Waals surface area contributed by atoms with Gasteiger partial charge in [0.2, 0.25) is 0 Å².